The maximum Gasteiger partial charge on any atom is 0.409 e. The molecule has 1 fully saturated rings. The third-order valence-electron chi connectivity index (χ3n) is 5.37. The first-order chi connectivity index (χ1) is 16.3. The summed E-state index contributed by atoms with van der Waals surface area (Å²) in [6.07, 6.45) is 0.924. The standard InChI is InChI=1S/C24H29N3O6S/c1-2-33-24(30)27-14-12-21(13-15-27)26-23(29)19-10-8-18(9-11-19)16-34(31,32)17-22(28)25-20-6-4-3-5-7-20/h3-11,21H,2,12-17H2,1H3,(H,25,28)(H,26,29). The first-order valence-electron chi connectivity index (χ1n) is 11.1. The summed E-state index contributed by atoms with van der Waals surface area (Å²) in [5.41, 5.74) is 1.44. The van der Waals surface area contributed by atoms with Gasteiger partial charge in [-0.25, -0.2) is 13.2 Å². The SMILES string of the molecule is CCOC(=O)N1CCC(NC(=O)c2ccc(CS(=O)(=O)CC(=O)Nc3ccccc3)cc2)CC1. The van der Waals surface area contributed by atoms with Gasteiger partial charge in [0.1, 0.15) is 5.75 Å². The van der Waals surface area contributed by atoms with E-state index in [1.165, 1.54) is 0 Å². The smallest absolute Gasteiger partial charge is 0.409 e. The van der Waals surface area contributed by atoms with Crippen LogP contribution in [0.4, 0.5) is 10.5 Å². The summed E-state index contributed by atoms with van der Waals surface area (Å²) >= 11 is 0. The van der Waals surface area contributed by atoms with Gasteiger partial charge in [0.2, 0.25) is 5.91 Å². The molecule has 0 aliphatic carbocycles. The molecule has 0 saturated carbocycles. The summed E-state index contributed by atoms with van der Waals surface area (Å²) in [5.74, 6) is -1.79. The molecule has 0 spiro atoms. The average Bonchev–Trinajstić information content (AvgIpc) is 2.80. The lowest BCUT2D eigenvalue weighted by Crippen LogP contribution is -2.46. The zero-order valence-corrected chi connectivity index (χ0v) is 19.8. The highest BCUT2D eigenvalue weighted by Crippen LogP contribution is 2.14. The minimum absolute atomic E-state index is 0.0543. The Labute approximate surface area is 199 Å². The van der Waals surface area contributed by atoms with Crippen LogP contribution in [0.3, 0.4) is 0 Å². The predicted molar refractivity (Wildman–Crippen MR) is 128 cm³/mol. The largest absolute Gasteiger partial charge is 0.450 e. The first-order valence-corrected chi connectivity index (χ1v) is 12.9. The van der Waals surface area contributed by atoms with E-state index in [9.17, 15) is 22.8 Å². The number of likely N-dealkylation sites (tertiary alicyclic amines) is 1. The molecule has 3 amide bonds. The highest BCUT2D eigenvalue weighted by molar-refractivity contribution is 7.91. The maximum absolute atomic E-state index is 12.6. The molecule has 1 aliphatic rings. The zero-order valence-electron chi connectivity index (χ0n) is 19.0. The highest BCUT2D eigenvalue weighted by atomic mass is 32.2. The number of para-hydroxylation sites is 1. The van der Waals surface area contributed by atoms with Crippen molar-refractivity contribution in [2.45, 2.75) is 31.6 Å². The van der Waals surface area contributed by atoms with Crippen LogP contribution in [0.5, 0.6) is 0 Å². The van der Waals surface area contributed by atoms with Gasteiger partial charge in [0.05, 0.1) is 12.4 Å². The van der Waals surface area contributed by atoms with E-state index in [-0.39, 0.29) is 23.8 Å². The van der Waals surface area contributed by atoms with Gasteiger partial charge in [-0.15, -0.1) is 0 Å². The number of nitrogens with zero attached hydrogens (tertiary/aromatic N) is 1. The van der Waals surface area contributed by atoms with Crippen molar-refractivity contribution in [2.75, 3.05) is 30.8 Å². The van der Waals surface area contributed by atoms with Gasteiger partial charge in [0.25, 0.3) is 5.91 Å². The van der Waals surface area contributed by atoms with Crippen LogP contribution in [0, 0.1) is 0 Å². The number of sulfone groups is 1. The number of piperidine rings is 1. The van der Waals surface area contributed by atoms with Gasteiger partial charge in [-0.2, -0.15) is 0 Å². The monoisotopic (exact) mass is 487 g/mol. The van der Waals surface area contributed by atoms with Gasteiger partial charge in [0.15, 0.2) is 9.84 Å². The van der Waals surface area contributed by atoms with Gasteiger partial charge in [0, 0.05) is 30.4 Å². The summed E-state index contributed by atoms with van der Waals surface area (Å²) in [6.45, 7) is 3.11. The summed E-state index contributed by atoms with van der Waals surface area (Å²) in [4.78, 5) is 38.0. The zero-order chi connectivity index (χ0) is 24.6. The van der Waals surface area contributed by atoms with Crippen molar-refractivity contribution in [3.8, 4) is 0 Å². The second kappa shape index (κ2) is 11.6. The van der Waals surface area contributed by atoms with Crippen LogP contribution < -0.4 is 10.6 Å². The van der Waals surface area contributed by atoms with Gasteiger partial charge >= 0.3 is 6.09 Å². The number of amides is 3. The van der Waals surface area contributed by atoms with E-state index >= 15 is 0 Å². The lowest BCUT2D eigenvalue weighted by atomic mass is 10.0. The molecule has 0 aromatic heterocycles. The molecule has 0 radical (unpaired) electrons. The lowest BCUT2D eigenvalue weighted by molar-refractivity contribution is -0.113. The summed E-state index contributed by atoms with van der Waals surface area (Å²) < 4.78 is 29.8. The number of carbonyl (C=O) groups excluding carboxylic acids is 3. The number of hydrogen-bond donors (Lipinski definition) is 2. The molecular formula is C24H29N3O6S. The average molecular weight is 488 g/mol. The molecule has 1 aliphatic heterocycles. The number of carbonyl (C=O) groups is 3. The predicted octanol–water partition coefficient (Wildman–Crippen LogP) is 2.59. The van der Waals surface area contributed by atoms with Crippen molar-refractivity contribution in [1.29, 1.82) is 0 Å². The van der Waals surface area contributed by atoms with E-state index in [1.807, 2.05) is 0 Å². The summed E-state index contributed by atoms with van der Waals surface area (Å²) in [6, 6.07) is 14.9. The Bertz CT molecular complexity index is 1100. The minimum Gasteiger partial charge on any atom is -0.450 e. The van der Waals surface area contributed by atoms with E-state index < -0.39 is 21.5 Å². The Kier molecular flexibility index (Phi) is 8.64. The third-order valence-corrected chi connectivity index (χ3v) is 6.84. The minimum atomic E-state index is -3.68. The Morgan fingerprint density at radius 1 is 1.00 bits per heavy atom. The third kappa shape index (κ3) is 7.58. The van der Waals surface area contributed by atoms with E-state index in [4.69, 9.17) is 4.74 Å². The van der Waals surface area contributed by atoms with E-state index in [0.29, 0.717) is 49.4 Å². The normalized spacial score (nSPS) is 14.3. The van der Waals surface area contributed by atoms with E-state index in [0.717, 1.165) is 0 Å². The molecule has 2 aromatic rings. The van der Waals surface area contributed by atoms with Gasteiger partial charge in [-0.1, -0.05) is 30.3 Å². The van der Waals surface area contributed by atoms with Crippen LogP contribution in [0.25, 0.3) is 0 Å². The first kappa shape index (κ1) is 25.2. The number of ether oxygens (including phenoxy) is 1. The molecule has 0 bridgehead atoms. The highest BCUT2D eigenvalue weighted by Gasteiger charge is 2.25. The number of rotatable bonds is 8. The number of anilines is 1. The molecule has 2 N–H and O–H groups in total. The van der Waals surface area contributed by atoms with Crippen LogP contribution in [0.2, 0.25) is 0 Å². The van der Waals surface area contributed by atoms with Crippen LogP contribution >= 0.6 is 0 Å². The van der Waals surface area contributed by atoms with Gasteiger partial charge in [-0.05, 0) is 49.6 Å². The van der Waals surface area contributed by atoms with Gasteiger partial charge < -0.3 is 20.3 Å². The topological polar surface area (TPSA) is 122 Å². The fraction of sp³-hybridized carbons (Fsp3) is 0.375. The Balaban J connectivity index is 1.48. The Hall–Kier alpha value is -3.40. The second-order valence-corrected chi connectivity index (χ2v) is 10.1. The van der Waals surface area contributed by atoms with Crippen LogP contribution in [-0.4, -0.2) is 62.7 Å². The molecule has 2 aromatic carbocycles. The van der Waals surface area contributed by atoms with Crippen molar-refractivity contribution >= 4 is 33.4 Å². The summed E-state index contributed by atoms with van der Waals surface area (Å²) in [5, 5.41) is 5.52. The molecule has 0 atom stereocenters. The molecule has 182 valence electrons. The maximum atomic E-state index is 12.6. The molecule has 34 heavy (non-hydrogen) atoms. The number of nitrogens with one attached hydrogen (secondary N) is 2. The fourth-order valence-corrected chi connectivity index (χ4v) is 4.94. The Morgan fingerprint density at radius 2 is 1.65 bits per heavy atom. The van der Waals surface area contributed by atoms with Crippen molar-refractivity contribution in [2.24, 2.45) is 0 Å². The van der Waals surface area contributed by atoms with Crippen LogP contribution in [0.1, 0.15) is 35.7 Å². The molecule has 10 heteroatoms. The number of benzene rings is 2. The fourth-order valence-electron chi connectivity index (χ4n) is 3.67. The van der Waals surface area contributed by atoms with Crippen LogP contribution in [-0.2, 0) is 25.1 Å². The second-order valence-electron chi connectivity index (χ2n) is 8.08. The lowest BCUT2D eigenvalue weighted by Gasteiger charge is -2.31. The molecule has 0 unspecified atom stereocenters. The van der Waals surface area contributed by atoms with E-state index in [1.54, 1.807) is 66.4 Å². The quantitative estimate of drug-likeness (QED) is 0.590. The Morgan fingerprint density at radius 3 is 2.26 bits per heavy atom. The van der Waals surface area contributed by atoms with Crippen molar-refractivity contribution in [1.82, 2.24) is 10.2 Å². The van der Waals surface area contributed by atoms with E-state index in [2.05, 4.69) is 10.6 Å². The van der Waals surface area contributed by atoms with Crippen LogP contribution in [0.15, 0.2) is 54.6 Å². The molecule has 1 heterocycles. The number of hydrogen-bond acceptors (Lipinski definition) is 6. The molecule has 1 saturated heterocycles. The molecular weight excluding hydrogens is 458 g/mol. The van der Waals surface area contributed by atoms with Crippen molar-refractivity contribution in [3.05, 3.63) is 65.7 Å². The molecule has 9 nitrogen and oxygen atoms in total. The van der Waals surface area contributed by atoms with Crippen molar-refractivity contribution < 1.29 is 27.5 Å². The van der Waals surface area contributed by atoms with Gasteiger partial charge in [-0.3, -0.25) is 9.59 Å². The summed E-state index contributed by atoms with van der Waals surface area (Å²) in [7, 11) is -3.68. The molecule has 3 rings (SSSR count). The van der Waals surface area contributed by atoms with Crippen molar-refractivity contribution in [3.63, 3.8) is 0 Å².